The summed E-state index contributed by atoms with van der Waals surface area (Å²) in [7, 11) is 1.83. The molecule has 0 unspecified atom stereocenters. The number of halogens is 1. The van der Waals surface area contributed by atoms with Crippen molar-refractivity contribution >= 4 is 5.69 Å². The molecule has 17 heavy (non-hydrogen) atoms. The van der Waals surface area contributed by atoms with Gasteiger partial charge in [0.15, 0.2) is 0 Å². The van der Waals surface area contributed by atoms with Crippen LogP contribution >= 0.6 is 0 Å². The van der Waals surface area contributed by atoms with Crippen molar-refractivity contribution < 1.29 is 9.13 Å². The summed E-state index contributed by atoms with van der Waals surface area (Å²) in [5, 5.41) is 2.97. The fourth-order valence-corrected chi connectivity index (χ4v) is 1.35. The smallest absolute Gasteiger partial charge is 0.213 e. The second kappa shape index (κ2) is 5.30. The van der Waals surface area contributed by atoms with E-state index in [-0.39, 0.29) is 5.82 Å². The van der Waals surface area contributed by atoms with Gasteiger partial charge in [-0.25, -0.2) is 9.37 Å². The van der Waals surface area contributed by atoms with E-state index in [1.165, 1.54) is 12.1 Å². The van der Waals surface area contributed by atoms with Gasteiger partial charge in [0.1, 0.15) is 12.4 Å². The zero-order chi connectivity index (χ0) is 12.1. The fraction of sp³-hybridized carbons (Fsp3) is 0.154. The van der Waals surface area contributed by atoms with Crippen molar-refractivity contribution in [1.29, 1.82) is 0 Å². The number of hydrogen-bond acceptors (Lipinski definition) is 3. The minimum atomic E-state index is -0.245. The van der Waals surface area contributed by atoms with Gasteiger partial charge < -0.3 is 10.1 Å². The number of ether oxygens (including phenoxy) is 1. The minimum absolute atomic E-state index is 0.245. The van der Waals surface area contributed by atoms with Crippen LogP contribution in [0.1, 0.15) is 5.56 Å². The molecule has 1 aromatic carbocycles. The summed E-state index contributed by atoms with van der Waals surface area (Å²) in [6, 6.07) is 9.88. The van der Waals surface area contributed by atoms with Gasteiger partial charge >= 0.3 is 0 Å². The highest BCUT2D eigenvalue weighted by atomic mass is 19.1. The van der Waals surface area contributed by atoms with Crippen LogP contribution in [-0.2, 0) is 6.61 Å². The van der Waals surface area contributed by atoms with Crippen molar-refractivity contribution in [3.05, 3.63) is 54.0 Å². The monoisotopic (exact) mass is 232 g/mol. The molecular formula is C13H13FN2O. The van der Waals surface area contributed by atoms with E-state index in [0.717, 1.165) is 11.3 Å². The summed E-state index contributed by atoms with van der Waals surface area (Å²) in [6.07, 6.45) is 1.69. The number of nitrogens with zero attached hydrogens (tertiary/aromatic N) is 1. The maximum atomic E-state index is 12.7. The Morgan fingerprint density at radius 1 is 1.18 bits per heavy atom. The Morgan fingerprint density at radius 2 is 1.94 bits per heavy atom. The molecule has 0 radical (unpaired) electrons. The topological polar surface area (TPSA) is 34.1 Å². The zero-order valence-corrected chi connectivity index (χ0v) is 9.48. The second-order valence-corrected chi connectivity index (χ2v) is 3.55. The molecule has 4 heteroatoms. The lowest BCUT2D eigenvalue weighted by atomic mass is 10.2. The average Bonchev–Trinajstić information content (AvgIpc) is 2.39. The lowest BCUT2D eigenvalue weighted by molar-refractivity contribution is 0.294. The van der Waals surface area contributed by atoms with E-state index >= 15 is 0 Å². The molecule has 0 bridgehead atoms. The highest BCUT2D eigenvalue weighted by Gasteiger charge is 1.98. The first kappa shape index (κ1) is 11.4. The first-order valence-electron chi connectivity index (χ1n) is 5.29. The third kappa shape index (κ3) is 3.17. The Hall–Kier alpha value is -2.10. The van der Waals surface area contributed by atoms with Crippen molar-refractivity contribution in [1.82, 2.24) is 4.98 Å². The first-order valence-corrected chi connectivity index (χ1v) is 5.29. The Kier molecular flexibility index (Phi) is 3.55. The number of benzene rings is 1. The standard InChI is InChI=1S/C13H13FN2O/c1-15-12-6-7-13(16-8-12)17-9-10-2-4-11(14)5-3-10/h2-8,15H,9H2,1H3. The Morgan fingerprint density at radius 3 is 2.53 bits per heavy atom. The van der Waals surface area contributed by atoms with Gasteiger partial charge in [0.05, 0.1) is 11.9 Å². The van der Waals surface area contributed by atoms with Crippen LogP contribution in [0, 0.1) is 5.82 Å². The van der Waals surface area contributed by atoms with E-state index in [9.17, 15) is 4.39 Å². The Labute approximate surface area is 99.3 Å². The summed E-state index contributed by atoms with van der Waals surface area (Å²) in [5.74, 6) is 0.304. The van der Waals surface area contributed by atoms with E-state index in [4.69, 9.17) is 4.74 Å². The van der Waals surface area contributed by atoms with E-state index in [1.54, 1.807) is 24.4 Å². The molecule has 0 fully saturated rings. The van der Waals surface area contributed by atoms with E-state index in [0.29, 0.717) is 12.5 Å². The van der Waals surface area contributed by atoms with Crippen molar-refractivity contribution in [2.24, 2.45) is 0 Å². The molecule has 0 saturated carbocycles. The lowest BCUT2D eigenvalue weighted by Gasteiger charge is -2.06. The van der Waals surface area contributed by atoms with Crippen LogP contribution in [0.15, 0.2) is 42.6 Å². The van der Waals surface area contributed by atoms with Crippen LogP contribution in [-0.4, -0.2) is 12.0 Å². The van der Waals surface area contributed by atoms with Gasteiger partial charge in [0, 0.05) is 13.1 Å². The third-order valence-corrected chi connectivity index (χ3v) is 2.32. The van der Waals surface area contributed by atoms with E-state index < -0.39 is 0 Å². The molecule has 0 amide bonds. The van der Waals surface area contributed by atoms with Gasteiger partial charge in [-0.1, -0.05) is 12.1 Å². The van der Waals surface area contributed by atoms with Gasteiger partial charge in [0.2, 0.25) is 5.88 Å². The van der Waals surface area contributed by atoms with E-state index in [1.807, 2.05) is 13.1 Å². The summed E-state index contributed by atoms with van der Waals surface area (Å²) >= 11 is 0. The van der Waals surface area contributed by atoms with Crippen molar-refractivity contribution in [3.63, 3.8) is 0 Å². The average molecular weight is 232 g/mol. The van der Waals surface area contributed by atoms with Crippen LogP contribution in [0.3, 0.4) is 0 Å². The molecule has 2 rings (SSSR count). The number of anilines is 1. The van der Waals surface area contributed by atoms with Gasteiger partial charge in [-0.3, -0.25) is 0 Å². The summed E-state index contributed by atoms with van der Waals surface area (Å²) in [6.45, 7) is 0.381. The molecule has 3 nitrogen and oxygen atoms in total. The van der Waals surface area contributed by atoms with Gasteiger partial charge in [0.25, 0.3) is 0 Å². The first-order chi connectivity index (χ1) is 8.28. The van der Waals surface area contributed by atoms with Crippen LogP contribution in [0.2, 0.25) is 0 Å². The molecule has 0 aliphatic heterocycles. The molecule has 2 aromatic rings. The third-order valence-electron chi connectivity index (χ3n) is 2.32. The molecule has 0 spiro atoms. The minimum Gasteiger partial charge on any atom is -0.473 e. The molecule has 1 heterocycles. The molecule has 0 atom stereocenters. The lowest BCUT2D eigenvalue weighted by Crippen LogP contribution is -1.97. The molecule has 0 aliphatic rings. The van der Waals surface area contributed by atoms with Gasteiger partial charge in [-0.05, 0) is 23.8 Å². The van der Waals surface area contributed by atoms with Crippen LogP contribution < -0.4 is 10.1 Å². The van der Waals surface area contributed by atoms with E-state index in [2.05, 4.69) is 10.3 Å². The van der Waals surface area contributed by atoms with Crippen molar-refractivity contribution in [2.45, 2.75) is 6.61 Å². The predicted molar refractivity (Wildman–Crippen MR) is 64.5 cm³/mol. The molecule has 0 aliphatic carbocycles. The number of hydrogen-bond donors (Lipinski definition) is 1. The SMILES string of the molecule is CNc1ccc(OCc2ccc(F)cc2)nc1. The number of rotatable bonds is 4. The van der Waals surface area contributed by atoms with Gasteiger partial charge in [-0.15, -0.1) is 0 Å². The molecule has 88 valence electrons. The molecular weight excluding hydrogens is 219 g/mol. The maximum Gasteiger partial charge on any atom is 0.213 e. The normalized spacial score (nSPS) is 10.0. The predicted octanol–water partition coefficient (Wildman–Crippen LogP) is 2.84. The Bertz CT molecular complexity index is 468. The zero-order valence-electron chi connectivity index (χ0n) is 9.48. The number of pyridine rings is 1. The van der Waals surface area contributed by atoms with Crippen molar-refractivity contribution in [2.75, 3.05) is 12.4 Å². The quantitative estimate of drug-likeness (QED) is 0.880. The summed E-state index contributed by atoms with van der Waals surface area (Å²) in [5.41, 5.74) is 1.84. The largest absolute Gasteiger partial charge is 0.473 e. The molecule has 1 aromatic heterocycles. The number of aromatic nitrogens is 1. The summed E-state index contributed by atoms with van der Waals surface area (Å²) < 4.78 is 18.1. The van der Waals surface area contributed by atoms with Crippen LogP contribution in [0.25, 0.3) is 0 Å². The van der Waals surface area contributed by atoms with Crippen molar-refractivity contribution in [3.8, 4) is 5.88 Å². The highest BCUT2D eigenvalue weighted by molar-refractivity contribution is 5.41. The maximum absolute atomic E-state index is 12.7. The molecule has 1 N–H and O–H groups in total. The molecule has 0 saturated heterocycles. The summed E-state index contributed by atoms with van der Waals surface area (Å²) in [4.78, 5) is 4.12. The highest BCUT2D eigenvalue weighted by Crippen LogP contribution is 2.12. The number of nitrogens with one attached hydrogen (secondary N) is 1. The second-order valence-electron chi connectivity index (χ2n) is 3.55. The van der Waals surface area contributed by atoms with Gasteiger partial charge in [-0.2, -0.15) is 0 Å². The van der Waals surface area contributed by atoms with Crippen LogP contribution in [0.4, 0.5) is 10.1 Å². The van der Waals surface area contributed by atoms with Crippen LogP contribution in [0.5, 0.6) is 5.88 Å². The Balaban J connectivity index is 1.95. The fourth-order valence-electron chi connectivity index (χ4n) is 1.35.